The summed E-state index contributed by atoms with van der Waals surface area (Å²) >= 11 is 1.48. The van der Waals surface area contributed by atoms with Gasteiger partial charge in [0.25, 0.3) is 0 Å². The molecule has 106 valence electrons. The summed E-state index contributed by atoms with van der Waals surface area (Å²) in [6, 6.07) is 8.97. The van der Waals surface area contributed by atoms with Gasteiger partial charge >= 0.3 is 5.97 Å². The molecule has 1 atom stereocenters. The van der Waals surface area contributed by atoms with Crippen LogP contribution in [0.5, 0.6) is 0 Å². The lowest BCUT2D eigenvalue weighted by molar-refractivity contribution is -0.141. The third-order valence-electron chi connectivity index (χ3n) is 2.57. The Morgan fingerprint density at radius 2 is 2.20 bits per heavy atom. The number of nitrogens with zero attached hydrogens (tertiary/aromatic N) is 4. The second-order valence-electron chi connectivity index (χ2n) is 3.99. The molecule has 1 aromatic carbocycles. The van der Waals surface area contributed by atoms with E-state index >= 15 is 0 Å². The largest absolute Gasteiger partial charge is 0.468 e. The Labute approximate surface area is 120 Å². The van der Waals surface area contributed by atoms with Gasteiger partial charge in [-0.2, -0.15) is 16.4 Å². The molecule has 2 rings (SSSR count). The molecule has 0 aliphatic heterocycles. The number of carbonyl (C=O) groups is 1. The predicted molar refractivity (Wildman–Crippen MR) is 75.3 cm³/mol. The monoisotopic (exact) mass is 293 g/mol. The van der Waals surface area contributed by atoms with Crippen LogP contribution in [0.2, 0.25) is 0 Å². The van der Waals surface area contributed by atoms with Crippen molar-refractivity contribution >= 4 is 17.7 Å². The fraction of sp³-hybridized carbons (Fsp3) is 0.333. The molecule has 2 N–H and O–H groups in total. The van der Waals surface area contributed by atoms with E-state index in [0.717, 1.165) is 5.69 Å². The molecule has 0 fully saturated rings. The fourth-order valence-electron chi connectivity index (χ4n) is 1.56. The molecule has 1 heterocycles. The van der Waals surface area contributed by atoms with E-state index in [1.165, 1.54) is 18.9 Å². The molecule has 0 aliphatic rings. The minimum atomic E-state index is -0.633. The van der Waals surface area contributed by atoms with E-state index in [4.69, 9.17) is 5.73 Å². The van der Waals surface area contributed by atoms with Gasteiger partial charge in [0.2, 0.25) is 0 Å². The molecule has 7 nitrogen and oxygen atoms in total. The minimum absolute atomic E-state index is 0.417. The number of carbonyl (C=O) groups excluding carboxylic acids is 1. The standard InChI is InChI=1S/C12H15N5O2S/c1-19-12(18)10(13)7-20-8-11-14-15-16-17(11)9-5-3-2-4-6-9/h2-6,10H,7-8,13H2,1H3. The second-order valence-corrected chi connectivity index (χ2v) is 5.02. The van der Waals surface area contributed by atoms with Gasteiger partial charge in [0, 0.05) is 5.75 Å². The number of esters is 1. The van der Waals surface area contributed by atoms with Crippen LogP contribution in [-0.4, -0.2) is 45.1 Å². The third-order valence-corrected chi connectivity index (χ3v) is 3.62. The first-order valence-electron chi connectivity index (χ1n) is 5.96. The highest BCUT2D eigenvalue weighted by atomic mass is 32.2. The highest BCUT2D eigenvalue weighted by Gasteiger charge is 2.15. The van der Waals surface area contributed by atoms with E-state index in [-0.39, 0.29) is 0 Å². The Morgan fingerprint density at radius 1 is 1.45 bits per heavy atom. The van der Waals surface area contributed by atoms with Crippen LogP contribution in [-0.2, 0) is 15.3 Å². The number of para-hydroxylation sites is 1. The van der Waals surface area contributed by atoms with Crippen LogP contribution < -0.4 is 5.73 Å². The number of thioether (sulfide) groups is 1. The first-order chi connectivity index (χ1) is 9.72. The van der Waals surface area contributed by atoms with Crippen molar-refractivity contribution in [3.05, 3.63) is 36.2 Å². The van der Waals surface area contributed by atoms with Gasteiger partial charge < -0.3 is 10.5 Å². The van der Waals surface area contributed by atoms with Crippen LogP contribution in [0.15, 0.2) is 30.3 Å². The lowest BCUT2D eigenvalue weighted by Crippen LogP contribution is -2.33. The van der Waals surface area contributed by atoms with Crippen LogP contribution in [0.3, 0.4) is 0 Å². The Bertz CT molecular complexity index is 560. The van der Waals surface area contributed by atoms with Gasteiger partial charge in [0.05, 0.1) is 18.6 Å². The Hall–Kier alpha value is -1.93. The topological polar surface area (TPSA) is 95.9 Å². The van der Waals surface area contributed by atoms with Gasteiger partial charge in [-0.1, -0.05) is 18.2 Å². The van der Waals surface area contributed by atoms with E-state index in [0.29, 0.717) is 17.3 Å². The summed E-state index contributed by atoms with van der Waals surface area (Å²) in [6.07, 6.45) is 0. The van der Waals surface area contributed by atoms with Gasteiger partial charge in [-0.25, -0.2) is 0 Å². The summed E-state index contributed by atoms with van der Waals surface area (Å²) in [4.78, 5) is 11.2. The van der Waals surface area contributed by atoms with Gasteiger partial charge in [-0.15, -0.1) is 5.10 Å². The van der Waals surface area contributed by atoms with Crippen molar-refractivity contribution in [2.45, 2.75) is 11.8 Å². The van der Waals surface area contributed by atoms with Crippen molar-refractivity contribution in [3.63, 3.8) is 0 Å². The Kier molecular flexibility index (Phi) is 5.08. The first kappa shape index (κ1) is 14.5. The zero-order valence-electron chi connectivity index (χ0n) is 11.0. The lowest BCUT2D eigenvalue weighted by atomic mass is 10.3. The molecule has 0 amide bonds. The first-order valence-corrected chi connectivity index (χ1v) is 7.11. The van der Waals surface area contributed by atoms with E-state index < -0.39 is 12.0 Å². The van der Waals surface area contributed by atoms with Crippen molar-refractivity contribution in [2.24, 2.45) is 5.73 Å². The maximum absolute atomic E-state index is 11.2. The molecular weight excluding hydrogens is 278 g/mol. The molecule has 0 radical (unpaired) electrons. The number of aromatic nitrogens is 4. The molecule has 1 aromatic heterocycles. The molecule has 20 heavy (non-hydrogen) atoms. The third kappa shape index (κ3) is 3.55. The van der Waals surface area contributed by atoms with E-state index in [9.17, 15) is 4.79 Å². The summed E-state index contributed by atoms with van der Waals surface area (Å²) in [5, 5.41) is 11.6. The minimum Gasteiger partial charge on any atom is -0.468 e. The number of methoxy groups -OCH3 is 1. The lowest BCUT2D eigenvalue weighted by Gasteiger charge is -2.08. The summed E-state index contributed by atoms with van der Waals surface area (Å²) in [5.41, 5.74) is 6.56. The molecule has 0 saturated carbocycles. The molecule has 0 saturated heterocycles. The van der Waals surface area contributed by atoms with Crippen molar-refractivity contribution in [3.8, 4) is 5.69 Å². The second kappa shape index (κ2) is 7.01. The van der Waals surface area contributed by atoms with Gasteiger partial charge in [0.15, 0.2) is 5.82 Å². The summed E-state index contributed by atoms with van der Waals surface area (Å²) in [7, 11) is 1.32. The number of nitrogens with two attached hydrogens (primary N) is 1. The zero-order valence-corrected chi connectivity index (χ0v) is 11.8. The van der Waals surface area contributed by atoms with Crippen molar-refractivity contribution in [2.75, 3.05) is 12.9 Å². The number of hydrogen-bond acceptors (Lipinski definition) is 7. The van der Waals surface area contributed by atoms with Crippen LogP contribution in [0.25, 0.3) is 5.69 Å². The van der Waals surface area contributed by atoms with Gasteiger partial charge in [-0.05, 0) is 22.6 Å². The Balaban J connectivity index is 1.95. The number of benzene rings is 1. The quantitative estimate of drug-likeness (QED) is 0.770. The predicted octanol–water partition coefficient (Wildman–Crippen LogP) is 0.396. The number of ether oxygens (including phenoxy) is 1. The van der Waals surface area contributed by atoms with Crippen molar-refractivity contribution < 1.29 is 9.53 Å². The normalized spacial score (nSPS) is 12.1. The Morgan fingerprint density at radius 3 is 2.90 bits per heavy atom. The number of hydrogen-bond donors (Lipinski definition) is 1. The number of tetrazole rings is 1. The molecule has 8 heteroatoms. The SMILES string of the molecule is COC(=O)C(N)CSCc1nnnn1-c1ccccc1. The summed E-state index contributed by atoms with van der Waals surface area (Å²) in [6.45, 7) is 0. The van der Waals surface area contributed by atoms with Gasteiger partial charge in [0.1, 0.15) is 6.04 Å². The average molecular weight is 293 g/mol. The highest BCUT2D eigenvalue weighted by molar-refractivity contribution is 7.98. The van der Waals surface area contributed by atoms with Crippen LogP contribution in [0, 0.1) is 0 Å². The maximum Gasteiger partial charge on any atom is 0.323 e. The number of rotatable bonds is 6. The van der Waals surface area contributed by atoms with Crippen molar-refractivity contribution in [1.29, 1.82) is 0 Å². The molecule has 0 spiro atoms. The van der Waals surface area contributed by atoms with Crippen LogP contribution in [0.4, 0.5) is 0 Å². The van der Waals surface area contributed by atoms with Gasteiger partial charge in [-0.3, -0.25) is 4.79 Å². The van der Waals surface area contributed by atoms with Crippen LogP contribution in [0.1, 0.15) is 5.82 Å². The highest BCUT2D eigenvalue weighted by Crippen LogP contribution is 2.14. The summed E-state index contributed by atoms with van der Waals surface area (Å²) < 4.78 is 6.23. The summed E-state index contributed by atoms with van der Waals surface area (Å²) in [5.74, 6) is 1.30. The van der Waals surface area contributed by atoms with Crippen molar-refractivity contribution in [1.82, 2.24) is 20.2 Å². The molecule has 0 bridgehead atoms. The zero-order chi connectivity index (χ0) is 14.4. The van der Waals surface area contributed by atoms with E-state index in [2.05, 4.69) is 20.3 Å². The molecular formula is C12H15N5O2S. The molecule has 0 aliphatic carbocycles. The molecule has 1 unspecified atom stereocenters. The van der Waals surface area contributed by atoms with Crippen LogP contribution >= 0.6 is 11.8 Å². The maximum atomic E-state index is 11.2. The average Bonchev–Trinajstić information content (AvgIpc) is 2.95. The smallest absolute Gasteiger partial charge is 0.323 e. The molecule has 2 aromatic rings. The van der Waals surface area contributed by atoms with E-state index in [1.54, 1.807) is 4.68 Å². The van der Waals surface area contributed by atoms with E-state index in [1.807, 2.05) is 30.3 Å². The fourth-order valence-corrected chi connectivity index (χ4v) is 2.43.